The third kappa shape index (κ3) is 8.69. The number of nitrogens with zero attached hydrogens (tertiary/aromatic N) is 2. The molecular formula is C35H36ClN3O7S. The van der Waals surface area contributed by atoms with E-state index in [1.165, 1.54) is 33.5 Å². The molecule has 5 rings (SSSR count). The standard InChI is InChI=1S/C35H36ClN3O7S/c1-44-29-13-11-26(12-14-29)24-39(34(27-7-3-2-4-8-27)35(41)37-23-28-9-5-6-10-32(28)36)33(40)25-46-30-15-17-31(18-16-30)47(42,43)38-19-21-45-22-20-38/h2-18,34H,19-25H2,1H3,(H,37,41)/t34-/m1/s1. The molecule has 1 saturated heterocycles. The van der Waals surface area contributed by atoms with Crippen LogP contribution in [0.5, 0.6) is 11.5 Å². The molecule has 0 radical (unpaired) electrons. The van der Waals surface area contributed by atoms with Crippen molar-refractivity contribution in [1.82, 2.24) is 14.5 Å². The van der Waals surface area contributed by atoms with Crippen LogP contribution in [0.2, 0.25) is 5.02 Å². The Bertz CT molecular complexity index is 1750. The lowest BCUT2D eigenvalue weighted by Gasteiger charge is -2.31. The highest BCUT2D eigenvalue weighted by Crippen LogP contribution is 2.26. The fourth-order valence-corrected chi connectivity index (χ4v) is 6.76. The number of amides is 2. The summed E-state index contributed by atoms with van der Waals surface area (Å²) in [4.78, 5) is 29.5. The van der Waals surface area contributed by atoms with Gasteiger partial charge in [-0.3, -0.25) is 9.59 Å². The molecule has 0 spiro atoms. The summed E-state index contributed by atoms with van der Waals surface area (Å²) in [6.07, 6.45) is 0. The quantitative estimate of drug-likeness (QED) is 0.216. The number of morpholine rings is 1. The molecular weight excluding hydrogens is 642 g/mol. The predicted octanol–water partition coefficient (Wildman–Crippen LogP) is 4.83. The molecule has 1 heterocycles. The molecule has 0 aromatic heterocycles. The molecule has 12 heteroatoms. The van der Waals surface area contributed by atoms with Crippen molar-refractivity contribution in [1.29, 1.82) is 0 Å². The van der Waals surface area contributed by atoms with Gasteiger partial charge in [0.05, 0.1) is 25.2 Å². The molecule has 2 amide bonds. The summed E-state index contributed by atoms with van der Waals surface area (Å²) >= 11 is 6.34. The number of methoxy groups -OCH3 is 1. The van der Waals surface area contributed by atoms with Gasteiger partial charge in [0.2, 0.25) is 15.9 Å². The minimum absolute atomic E-state index is 0.0992. The van der Waals surface area contributed by atoms with Gasteiger partial charge < -0.3 is 24.4 Å². The van der Waals surface area contributed by atoms with Gasteiger partial charge in [-0.25, -0.2) is 8.42 Å². The number of ether oxygens (including phenoxy) is 3. The fraction of sp³-hybridized carbons (Fsp3) is 0.257. The molecule has 47 heavy (non-hydrogen) atoms. The lowest BCUT2D eigenvalue weighted by Crippen LogP contribution is -2.45. The number of hydrogen-bond acceptors (Lipinski definition) is 7. The Kier molecular flexibility index (Phi) is 11.5. The van der Waals surface area contributed by atoms with Gasteiger partial charge in [0.25, 0.3) is 5.91 Å². The summed E-state index contributed by atoms with van der Waals surface area (Å²) in [6.45, 7) is 1.13. The van der Waals surface area contributed by atoms with Crippen molar-refractivity contribution in [3.05, 3.63) is 125 Å². The van der Waals surface area contributed by atoms with E-state index < -0.39 is 34.5 Å². The van der Waals surface area contributed by atoms with Crippen LogP contribution < -0.4 is 14.8 Å². The first-order valence-corrected chi connectivity index (χ1v) is 16.9. The fourth-order valence-electron chi connectivity index (χ4n) is 5.15. The zero-order valence-corrected chi connectivity index (χ0v) is 27.5. The van der Waals surface area contributed by atoms with E-state index in [1.54, 1.807) is 37.4 Å². The zero-order chi connectivity index (χ0) is 33.2. The van der Waals surface area contributed by atoms with E-state index >= 15 is 0 Å². The number of nitrogens with one attached hydrogen (secondary N) is 1. The Morgan fingerprint density at radius 2 is 1.53 bits per heavy atom. The van der Waals surface area contributed by atoms with Crippen molar-refractivity contribution in [2.45, 2.75) is 24.0 Å². The Morgan fingerprint density at radius 3 is 2.19 bits per heavy atom. The number of carbonyl (C=O) groups excluding carboxylic acids is 2. The van der Waals surface area contributed by atoms with Crippen LogP contribution in [0, 0.1) is 0 Å². The Morgan fingerprint density at radius 1 is 0.894 bits per heavy atom. The second-order valence-corrected chi connectivity index (χ2v) is 13.1. The largest absolute Gasteiger partial charge is 0.497 e. The summed E-state index contributed by atoms with van der Waals surface area (Å²) in [7, 11) is -2.11. The molecule has 1 aliphatic heterocycles. The first-order valence-electron chi connectivity index (χ1n) is 15.1. The minimum atomic E-state index is -3.68. The number of hydrogen-bond donors (Lipinski definition) is 1. The SMILES string of the molecule is COc1ccc(CN(C(=O)COc2ccc(S(=O)(=O)N3CCOCC3)cc2)[C@@H](C(=O)NCc2ccccc2Cl)c2ccccc2)cc1. The second kappa shape index (κ2) is 15.9. The summed E-state index contributed by atoms with van der Waals surface area (Å²) in [5.41, 5.74) is 2.13. The summed E-state index contributed by atoms with van der Waals surface area (Å²) in [5.74, 6) is 0.123. The lowest BCUT2D eigenvalue weighted by atomic mass is 10.0. The van der Waals surface area contributed by atoms with Gasteiger partial charge >= 0.3 is 0 Å². The zero-order valence-electron chi connectivity index (χ0n) is 25.9. The molecule has 0 aliphatic carbocycles. The molecule has 1 atom stereocenters. The lowest BCUT2D eigenvalue weighted by molar-refractivity contribution is -0.143. The second-order valence-electron chi connectivity index (χ2n) is 10.8. The Labute approximate surface area is 279 Å². The topological polar surface area (TPSA) is 114 Å². The Hall–Kier alpha value is -4.42. The van der Waals surface area contributed by atoms with Gasteiger partial charge in [-0.1, -0.05) is 72.3 Å². The average molecular weight is 678 g/mol. The number of sulfonamides is 1. The van der Waals surface area contributed by atoms with Crippen LogP contribution in [0.15, 0.2) is 108 Å². The van der Waals surface area contributed by atoms with E-state index in [0.29, 0.717) is 35.3 Å². The highest BCUT2D eigenvalue weighted by atomic mass is 35.5. The summed E-state index contributed by atoms with van der Waals surface area (Å²) < 4.78 is 43.8. The van der Waals surface area contributed by atoms with Crippen LogP contribution in [-0.2, 0) is 37.4 Å². The van der Waals surface area contributed by atoms with Crippen LogP contribution in [0.25, 0.3) is 0 Å². The van der Waals surface area contributed by atoms with E-state index in [0.717, 1.165) is 11.1 Å². The van der Waals surface area contributed by atoms with E-state index in [-0.39, 0.29) is 31.1 Å². The van der Waals surface area contributed by atoms with E-state index in [9.17, 15) is 18.0 Å². The molecule has 1 aliphatic rings. The first-order chi connectivity index (χ1) is 22.8. The maximum Gasteiger partial charge on any atom is 0.261 e. The number of benzene rings is 4. The van der Waals surface area contributed by atoms with Gasteiger partial charge in [0.15, 0.2) is 6.61 Å². The Balaban J connectivity index is 1.38. The molecule has 4 aromatic rings. The number of halogens is 1. The minimum Gasteiger partial charge on any atom is -0.497 e. The van der Waals surface area contributed by atoms with Crippen LogP contribution in [-0.4, -0.2) is 69.5 Å². The normalized spacial score (nSPS) is 14.2. The first kappa shape index (κ1) is 33.9. The molecule has 246 valence electrons. The van der Waals surface area contributed by atoms with Crippen LogP contribution in [0.1, 0.15) is 22.7 Å². The maximum atomic E-state index is 14.0. The third-order valence-electron chi connectivity index (χ3n) is 7.71. The number of carbonyl (C=O) groups is 2. The number of rotatable bonds is 13. The molecule has 4 aromatic carbocycles. The molecule has 0 bridgehead atoms. The predicted molar refractivity (Wildman–Crippen MR) is 178 cm³/mol. The van der Waals surface area contributed by atoms with Gasteiger partial charge in [-0.15, -0.1) is 0 Å². The van der Waals surface area contributed by atoms with E-state index in [2.05, 4.69) is 5.32 Å². The van der Waals surface area contributed by atoms with Crippen molar-refractivity contribution < 1.29 is 32.2 Å². The monoisotopic (exact) mass is 677 g/mol. The van der Waals surface area contributed by atoms with Crippen molar-refractivity contribution in [2.75, 3.05) is 40.0 Å². The van der Waals surface area contributed by atoms with Crippen LogP contribution >= 0.6 is 11.6 Å². The van der Waals surface area contributed by atoms with Crippen LogP contribution in [0.4, 0.5) is 0 Å². The maximum absolute atomic E-state index is 14.0. The van der Waals surface area contributed by atoms with Crippen LogP contribution in [0.3, 0.4) is 0 Å². The van der Waals surface area contributed by atoms with Crippen molar-refractivity contribution >= 4 is 33.4 Å². The van der Waals surface area contributed by atoms with Gasteiger partial charge in [-0.2, -0.15) is 4.31 Å². The highest BCUT2D eigenvalue weighted by Gasteiger charge is 2.32. The molecule has 1 fully saturated rings. The molecule has 1 N–H and O–H groups in total. The van der Waals surface area contributed by atoms with Gasteiger partial charge in [0.1, 0.15) is 17.5 Å². The van der Waals surface area contributed by atoms with E-state index in [4.69, 9.17) is 25.8 Å². The van der Waals surface area contributed by atoms with Crippen molar-refractivity contribution in [3.8, 4) is 11.5 Å². The molecule has 0 unspecified atom stereocenters. The van der Waals surface area contributed by atoms with Crippen molar-refractivity contribution in [2.24, 2.45) is 0 Å². The van der Waals surface area contributed by atoms with Gasteiger partial charge in [-0.05, 0) is 59.2 Å². The summed E-state index contributed by atoms with van der Waals surface area (Å²) in [6, 6.07) is 28.4. The smallest absolute Gasteiger partial charge is 0.261 e. The average Bonchev–Trinajstić information content (AvgIpc) is 3.11. The molecule has 0 saturated carbocycles. The molecule has 10 nitrogen and oxygen atoms in total. The highest BCUT2D eigenvalue weighted by molar-refractivity contribution is 7.89. The summed E-state index contributed by atoms with van der Waals surface area (Å²) in [5, 5.41) is 3.47. The van der Waals surface area contributed by atoms with Gasteiger partial charge in [0, 0.05) is 31.2 Å². The van der Waals surface area contributed by atoms with E-state index in [1.807, 2.05) is 48.5 Å². The third-order valence-corrected chi connectivity index (χ3v) is 9.99. The van der Waals surface area contributed by atoms with Crippen molar-refractivity contribution in [3.63, 3.8) is 0 Å².